The van der Waals surface area contributed by atoms with Gasteiger partial charge in [-0.1, -0.05) is 13.8 Å². The Morgan fingerprint density at radius 2 is 1.31 bits per heavy atom. The van der Waals surface area contributed by atoms with Gasteiger partial charge in [-0.25, -0.2) is 0 Å². The lowest BCUT2D eigenvalue weighted by Crippen LogP contribution is -2.63. The van der Waals surface area contributed by atoms with Gasteiger partial charge in [0.15, 0.2) is 0 Å². The molecule has 1 aliphatic heterocycles. The van der Waals surface area contributed by atoms with E-state index in [1.165, 1.54) is 18.7 Å². The van der Waals surface area contributed by atoms with Crippen LogP contribution in [0.3, 0.4) is 0 Å². The van der Waals surface area contributed by atoms with Crippen molar-refractivity contribution >= 4 is 15.9 Å². The van der Waals surface area contributed by atoms with Gasteiger partial charge < -0.3 is 4.90 Å². The molecule has 1 rings (SSSR count). The average Bonchev–Trinajstić information content (AvgIpc) is 2.96. The molecule has 0 amide bonds. The van der Waals surface area contributed by atoms with E-state index in [2.05, 4.69) is 4.40 Å². The topological polar surface area (TPSA) is 49.7 Å². The third-order valence-electron chi connectivity index (χ3n) is 3.60. The number of sulfonamides is 1. The molecule has 0 bridgehead atoms. The Bertz CT molecular complexity index is 650. The van der Waals surface area contributed by atoms with E-state index in [9.17, 15) is 47.9 Å². The summed E-state index contributed by atoms with van der Waals surface area (Å²) in [6.07, 6.45) is -6.09. The molecule has 154 valence electrons. The molecule has 0 aromatic rings. The summed E-state index contributed by atoms with van der Waals surface area (Å²) in [4.78, 5) is 1.17. The van der Waals surface area contributed by atoms with Gasteiger partial charge in [0.05, 0.1) is 0 Å². The van der Waals surface area contributed by atoms with Crippen LogP contribution in [0.15, 0.2) is 4.40 Å². The number of alkyl halides is 9. The summed E-state index contributed by atoms with van der Waals surface area (Å²) in [7, 11) is -6.76. The SMILES string of the molecule is CC(C)/C(=N\S(=O)(=O)C(F)(F)C(F)(F)C(F)(F)C(F)(F)F)N1CCCC1. The van der Waals surface area contributed by atoms with E-state index in [0.717, 1.165) is 0 Å². The minimum absolute atomic E-state index is 0.146. The van der Waals surface area contributed by atoms with Crippen LogP contribution in [0.25, 0.3) is 0 Å². The summed E-state index contributed by atoms with van der Waals surface area (Å²) in [6, 6.07) is 0. The zero-order chi connectivity index (χ0) is 20.8. The van der Waals surface area contributed by atoms with E-state index < -0.39 is 45.1 Å². The number of hydrogen-bond acceptors (Lipinski definition) is 2. The molecule has 1 heterocycles. The summed E-state index contributed by atoms with van der Waals surface area (Å²) >= 11 is 0. The van der Waals surface area contributed by atoms with Crippen molar-refractivity contribution in [3.05, 3.63) is 0 Å². The third-order valence-corrected chi connectivity index (χ3v) is 4.93. The Morgan fingerprint density at radius 3 is 1.65 bits per heavy atom. The standard InChI is InChI=1S/C12H15F9N2O2S/c1-7(2)8(23-5-3-4-6-23)22-26(24,25)12(20,21)10(15,16)9(13,14)11(17,18)19/h7H,3-6H2,1-2H3/b22-8+. The number of hydrogen-bond donors (Lipinski definition) is 0. The molecule has 1 saturated heterocycles. The fraction of sp³-hybridized carbons (Fsp3) is 0.917. The van der Waals surface area contributed by atoms with Crippen molar-refractivity contribution < 1.29 is 47.9 Å². The second kappa shape index (κ2) is 6.75. The van der Waals surface area contributed by atoms with Crippen molar-refractivity contribution in [1.29, 1.82) is 0 Å². The molecule has 4 nitrogen and oxygen atoms in total. The Morgan fingerprint density at radius 1 is 0.885 bits per heavy atom. The molecule has 0 aliphatic carbocycles. The van der Waals surface area contributed by atoms with Crippen molar-refractivity contribution in [1.82, 2.24) is 4.90 Å². The first kappa shape index (κ1) is 22.8. The van der Waals surface area contributed by atoms with Gasteiger partial charge in [0.1, 0.15) is 5.84 Å². The number of likely N-dealkylation sites (tertiary alicyclic amines) is 1. The van der Waals surface area contributed by atoms with Crippen LogP contribution in [0.5, 0.6) is 0 Å². The zero-order valence-electron chi connectivity index (χ0n) is 13.4. The van der Waals surface area contributed by atoms with E-state index in [1.54, 1.807) is 0 Å². The van der Waals surface area contributed by atoms with Crippen molar-refractivity contribution in [3.63, 3.8) is 0 Å². The van der Waals surface area contributed by atoms with Gasteiger partial charge in [-0.05, 0) is 12.8 Å². The lowest BCUT2D eigenvalue weighted by Gasteiger charge is -2.32. The zero-order valence-corrected chi connectivity index (χ0v) is 14.2. The highest BCUT2D eigenvalue weighted by molar-refractivity contribution is 7.91. The van der Waals surface area contributed by atoms with Crippen LogP contribution in [0.4, 0.5) is 39.5 Å². The maximum atomic E-state index is 13.7. The first-order valence-corrected chi connectivity index (χ1v) is 8.63. The van der Waals surface area contributed by atoms with Gasteiger partial charge in [0.2, 0.25) is 0 Å². The minimum atomic E-state index is -7.29. The van der Waals surface area contributed by atoms with Crippen LogP contribution in [0, 0.1) is 5.92 Å². The molecule has 1 fully saturated rings. The van der Waals surface area contributed by atoms with Gasteiger partial charge >= 0.3 is 33.3 Å². The Labute approximate surface area is 143 Å². The first-order chi connectivity index (χ1) is 11.4. The van der Waals surface area contributed by atoms with Gasteiger partial charge in [-0.2, -0.15) is 47.9 Å². The molecular formula is C12H15F9N2O2S. The van der Waals surface area contributed by atoms with E-state index in [1.807, 2.05) is 0 Å². The maximum absolute atomic E-state index is 13.7. The van der Waals surface area contributed by atoms with Crippen molar-refractivity contribution in [2.75, 3.05) is 13.1 Å². The molecule has 0 unspecified atom stereocenters. The molecule has 0 saturated carbocycles. The second-order valence-corrected chi connectivity index (χ2v) is 7.58. The van der Waals surface area contributed by atoms with Gasteiger partial charge in [-0.3, -0.25) is 0 Å². The molecule has 0 aromatic heterocycles. The van der Waals surface area contributed by atoms with E-state index in [4.69, 9.17) is 0 Å². The highest BCUT2D eigenvalue weighted by Gasteiger charge is 2.85. The van der Waals surface area contributed by atoms with Crippen LogP contribution >= 0.6 is 0 Å². The van der Waals surface area contributed by atoms with E-state index >= 15 is 0 Å². The van der Waals surface area contributed by atoms with Crippen molar-refractivity contribution in [2.45, 2.75) is 50.0 Å². The third kappa shape index (κ3) is 3.60. The Balaban J connectivity index is 3.46. The molecular weight excluding hydrogens is 407 g/mol. The Kier molecular flexibility index (Phi) is 5.93. The monoisotopic (exact) mass is 422 g/mol. The summed E-state index contributed by atoms with van der Waals surface area (Å²) in [5, 5.41) is -6.79. The largest absolute Gasteiger partial charge is 0.460 e. The number of amidine groups is 1. The van der Waals surface area contributed by atoms with Crippen molar-refractivity contribution in [3.8, 4) is 0 Å². The van der Waals surface area contributed by atoms with Crippen LogP contribution in [0.2, 0.25) is 0 Å². The van der Waals surface area contributed by atoms with Gasteiger partial charge in [0.25, 0.3) is 0 Å². The molecule has 0 N–H and O–H groups in total. The second-order valence-electron chi connectivity index (χ2n) is 5.94. The minimum Gasteiger partial charge on any atom is -0.359 e. The lowest BCUT2D eigenvalue weighted by atomic mass is 10.1. The predicted octanol–water partition coefficient (Wildman–Crippen LogP) is 3.89. The lowest BCUT2D eigenvalue weighted by molar-refractivity contribution is -0.382. The molecule has 0 aromatic carbocycles. The normalized spacial score (nSPS) is 18.8. The Hall–Kier alpha value is -1.21. The smallest absolute Gasteiger partial charge is 0.359 e. The predicted molar refractivity (Wildman–Crippen MR) is 72.9 cm³/mol. The summed E-state index contributed by atoms with van der Waals surface area (Å²) in [6.45, 7) is 2.83. The van der Waals surface area contributed by atoms with Crippen LogP contribution in [0.1, 0.15) is 26.7 Å². The molecule has 0 radical (unpaired) electrons. The highest BCUT2D eigenvalue weighted by atomic mass is 32.2. The van der Waals surface area contributed by atoms with E-state index in [0.29, 0.717) is 12.8 Å². The van der Waals surface area contributed by atoms with E-state index in [-0.39, 0.29) is 13.1 Å². The van der Waals surface area contributed by atoms with Gasteiger partial charge in [-0.15, -0.1) is 4.40 Å². The molecule has 0 spiro atoms. The number of nitrogens with zero attached hydrogens (tertiary/aromatic N) is 2. The summed E-state index contributed by atoms with van der Waals surface area (Å²) in [5.41, 5.74) is 0. The van der Waals surface area contributed by atoms with Crippen LogP contribution in [-0.4, -0.2) is 55.5 Å². The fourth-order valence-electron chi connectivity index (χ4n) is 2.18. The molecule has 26 heavy (non-hydrogen) atoms. The first-order valence-electron chi connectivity index (χ1n) is 7.19. The number of rotatable bonds is 5. The fourth-order valence-corrected chi connectivity index (χ4v) is 3.32. The van der Waals surface area contributed by atoms with Crippen LogP contribution in [-0.2, 0) is 10.0 Å². The quantitative estimate of drug-likeness (QED) is 0.384. The summed E-state index contributed by atoms with van der Waals surface area (Å²) < 4.78 is 142. The molecule has 1 aliphatic rings. The molecule has 14 heteroatoms. The number of halogens is 9. The van der Waals surface area contributed by atoms with Crippen LogP contribution < -0.4 is 0 Å². The van der Waals surface area contributed by atoms with Crippen molar-refractivity contribution in [2.24, 2.45) is 10.3 Å². The average molecular weight is 422 g/mol. The highest BCUT2D eigenvalue weighted by Crippen LogP contribution is 2.55. The molecule has 0 atom stereocenters. The maximum Gasteiger partial charge on any atom is 0.460 e. The van der Waals surface area contributed by atoms with Gasteiger partial charge in [0, 0.05) is 19.0 Å². The summed E-state index contributed by atoms with van der Waals surface area (Å²) in [5.74, 6) is -16.1.